The van der Waals surface area contributed by atoms with Gasteiger partial charge in [-0.05, 0) is 35.4 Å². The lowest BCUT2D eigenvalue weighted by Gasteiger charge is -2.21. The first-order valence-electron chi connectivity index (χ1n) is 6.14. The van der Waals surface area contributed by atoms with Gasteiger partial charge in [0.05, 0.1) is 5.38 Å². The molecule has 0 amide bonds. The average Bonchev–Trinajstić information content (AvgIpc) is 2.46. The molecule has 0 aromatic heterocycles. The Labute approximate surface area is 129 Å². The first-order valence-corrected chi connectivity index (χ1v) is 7.36. The van der Waals surface area contributed by atoms with Crippen LogP contribution >= 0.6 is 27.5 Å². The van der Waals surface area contributed by atoms with Crippen molar-refractivity contribution in [3.63, 3.8) is 0 Å². The van der Waals surface area contributed by atoms with Crippen LogP contribution in [0, 0.1) is 5.82 Å². The lowest BCUT2D eigenvalue weighted by atomic mass is 10.0. The Kier molecular flexibility index (Phi) is 3.85. The highest BCUT2D eigenvalue weighted by Crippen LogP contribution is 2.41. The van der Waals surface area contributed by atoms with Crippen molar-refractivity contribution in [1.29, 1.82) is 0 Å². The van der Waals surface area contributed by atoms with Gasteiger partial charge in [0.25, 0.3) is 0 Å². The molecule has 2 aromatic rings. The van der Waals surface area contributed by atoms with Crippen molar-refractivity contribution < 1.29 is 13.9 Å². The van der Waals surface area contributed by atoms with E-state index in [0.717, 1.165) is 15.6 Å². The van der Waals surface area contributed by atoms with Crippen LogP contribution in [0.5, 0.6) is 11.5 Å². The van der Waals surface area contributed by atoms with Gasteiger partial charge in [0, 0.05) is 4.47 Å². The summed E-state index contributed by atoms with van der Waals surface area (Å²) in [7, 11) is 0. The highest BCUT2D eigenvalue weighted by atomic mass is 79.9. The van der Waals surface area contributed by atoms with Gasteiger partial charge in [-0.25, -0.2) is 4.39 Å². The van der Waals surface area contributed by atoms with Crippen LogP contribution in [0.3, 0.4) is 0 Å². The van der Waals surface area contributed by atoms with Crippen LogP contribution in [0.2, 0.25) is 0 Å². The summed E-state index contributed by atoms with van der Waals surface area (Å²) in [5.41, 5.74) is 1.69. The minimum atomic E-state index is -0.388. The fourth-order valence-corrected chi connectivity index (χ4v) is 3.09. The Balaban J connectivity index is 1.98. The molecule has 0 aliphatic carbocycles. The van der Waals surface area contributed by atoms with E-state index in [2.05, 4.69) is 15.9 Å². The van der Waals surface area contributed by atoms with Crippen molar-refractivity contribution in [2.24, 2.45) is 0 Å². The van der Waals surface area contributed by atoms with Crippen molar-refractivity contribution in [2.45, 2.75) is 5.38 Å². The van der Waals surface area contributed by atoms with E-state index in [-0.39, 0.29) is 11.2 Å². The molecule has 0 N–H and O–H groups in total. The van der Waals surface area contributed by atoms with Crippen molar-refractivity contribution in [2.75, 3.05) is 13.2 Å². The molecule has 1 unspecified atom stereocenters. The number of alkyl halides is 1. The molecule has 5 heteroatoms. The van der Waals surface area contributed by atoms with Crippen LogP contribution in [-0.2, 0) is 0 Å². The zero-order chi connectivity index (χ0) is 14.1. The SMILES string of the molecule is Fc1ccc(C(Cl)c2cc3c(cc2Br)OCCO3)cc1. The quantitative estimate of drug-likeness (QED) is 0.726. The van der Waals surface area contributed by atoms with Gasteiger partial charge in [-0.3, -0.25) is 0 Å². The molecule has 1 heterocycles. The summed E-state index contributed by atoms with van der Waals surface area (Å²) in [5, 5.41) is -0.388. The van der Waals surface area contributed by atoms with E-state index in [0.29, 0.717) is 24.7 Å². The molecule has 104 valence electrons. The van der Waals surface area contributed by atoms with Crippen molar-refractivity contribution in [1.82, 2.24) is 0 Å². The topological polar surface area (TPSA) is 18.5 Å². The third kappa shape index (κ3) is 2.63. The lowest BCUT2D eigenvalue weighted by Crippen LogP contribution is -2.15. The first kappa shape index (κ1) is 13.7. The van der Waals surface area contributed by atoms with Gasteiger partial charge in [-0.2, -0.15) is 0 Å². The van der Waals surface area contributed by atoms with E-state index >= 15 is 0 Å². The summed E-state index contributed by atoms with van der Waals surface area (Å²) in [6.45, 7) is 1.07. The zero-order valence-corrected chi connectivity index (χ0v) is 12.7. The van der Waals surface area contributed by atoms with E-state index in [4.69, 9.17) is 21.1 Å². The zero-order valence-electron chi connectivity index (χ0n) is 10.4. The van der Waals surface area contributed by atoms with Gasteiger partial charge in [0.15, 0.2) is 11.5 Å². The maximum Gasteiger partial charge on any atom is 0.162 e. The van der Waals surface area contributed by atoms with Crippen LogP contribution < -0.4 is 9.47 Å². The van der Waals surface area contributed by atoms with E-state index < -0.39 is 0 Å². The number of rotatable bonds is 2. The number of hydrogen-bond acceptors (Lipinski definition) is 2. The highest BCUT2D eigenvalue weighted by molar-refractivity contribution is 9.10. The minimum absolute atomic E-state index is 0.279. The summed E-state index contributed by atoms with van der Waals surface area (Å²) in [6.07, 6.45) is 0. The molecule has 0 bridgehead atoms. The molecule has 0 saturated carbocycles. The molecule has 0 fully saturated rings. The summed E-state index contributed by atoms with van der Waals surface area (Å²) < 4.78 is 24.9. The number of ether oxygens (including phenoxy) is 2. The minimum Gasteiger partial charge on any atom is -0.486 e. The number of halogens is 3. The van der Waals surface area contributed by atoms with E-state index in [1.807, 2.05) is 12.1 Å². The maximum absolute atomic E-state index is 13.0. The number of fused-ring (bicyclic) bond motifs is 1. The predicted octanol–water partition coefficient (Wildman–Crippen LogP) is 4.69. The van der Waals surface area contributed by atoms with Gasteiger partial charge in [0.1, 0.15) is 19.0 Å². The Morgan fingerprint density at radius 2 is 1.65 bits per heavy atom. The molecule has 2 nitrogen and oxygen atoms in total. The van der Waals surface area contributed by atoms with E-state index in [1.165, 1.54) is 12.1 Å². The summed E-state index contributed by atoms with van der Waals surface area (Å²) >= 11 is 9.98. The molecular weight excluding hydrogens is 347 g/mol. The normalized spacial score (nSPS) is 14.9. The Bertz CT molecular complexity index is 631. The molecule has 1 aliphatic rings. The Hall–Kier alpha value is -1.26. The van der Waals surface area contributed by atoms with Gasteiger partial charge in [0.2, 0.25) is 0 Å². The fraction of sp³-hybridized carbons (Fsp3) is 0.200. The van der Waals surface area contributed by atoms with Crippen molar-refractivity contribution >= 4 is 27.5 Å². The average molecular weight is 358 g/mol. The second-order valence-corrected chi connectivity index (χ2v) is 5.72. The standard InChI is InChI=1S/C15H11BrClFO2/c16-12-8-14-13(19-5-6-20-14)7-11(12)15(17)9-1-3-10(18)4-2-9/h1-4,7-8,15H,5-6H2. The molecular formula is C15H11BrClFO2. The van der Waals surface area contributed by atoms with Gasteiger partial charge >= 0.3 is 0 Å². The number of hydrogen-bond donors (Lipinski definition) is 0. The molecule has 1 atom stereocenters. The maximum atomic E-state index is 13.0. The lowest BCUT2D eigenvalue weighted by molar-refractivity contribution is 0.171. The molecule has 20 heavy (non-hydrogen) atoms. The molecule has 0 radical (unpaired) electrons. The van der Waals surface area contributed by atoms with E-state index in [9.17, 15) is 4.39 Å². The Morgan fingerprint density at radius 3 is 2.30 bits per heavy atom. The first-order chi connectivity index (χ1) is 9.65. The highest BCUT2D eigenvalue weighted by Gasteiger charge is 2.20. The van der Waals surface area contributed by atoms with Gasteiger partial charge in [-0.15, -0.1) is 11.6 Å². The molecule has 0 spiro atoms. The third-order valence-electron chi connectivity index (χ3n) is 3.10. The predicted molar refractivity (Wildman–Crippen MR) is 79.2 cm³/mol. The third-order valence-corrected chi connectivity index (χ3v) is 4.27. The smallest absolute Gasteiger partial charge is 0.162 e. The van der Waals surface area contributed by atoms with Crippen LogP contribution in [0.25, 0.3) is 0 Å². The van der Waals surface area contributed by atoms with Crippen LogP contribution in [-0.4, -0.2) is 13.2 Å². The molecule has 0 saturated heterocycles. The number of benzene rings is 2. The summed E-state index contributed by atoms with van der Waals surface area (Å²) in [5.74, 6) is 1.11. The molecule has 2 aromatic carbocycles. The van der Waals surface area contributed by atoms with Crippen LogP contribution in [0.1, 0.15) is 16.5 Å². The largest absolute Gasteiger partial charge is 0.486 e. The molecule has 3 rings (SSSR count). The van der Waals surface area contributed by atoms with Gasteiger partial charge < -0.3 is 9.47 Å². The van der Waals surface area contributed by atoms with Crippen LogP contribution in [0.4, 0.5) is 4.39 Å². The fourth-order valence-electron chi connectivity index (χ4n) is 2.09. The van der Waals surface area contributed by atoms with Gasteiger partial charge in [-0.1, -0.05) is 28.1 Å². The van der Waals surface area contributed by atoms with Crippen LogP contribution in [0.15, 0.2) is 40.9 Å². The Morgan fingerprint density at radius 1 is 1.05 bits per heavy atom. The monoisotopic (exact) mass is 356 g/mol. The summed E-state index contributed by atoms with van der Waals surface area (Å²) in [6, 6.07) is 9.86. The summed E-state index contributed by atoms with van der Waals surface area (Å²) in [4.78, 5) is 0. The van der Waals surface area contributed by atoms with E-state index in [1.54, 1.807) is 12.1 Å². The van der Waals surface area contributed by atoms with Crippen molar-refractivity contribution in [3.8, 4) is 11.5 Å². The second kappa shape index (κ2) is 5.62. The molecule has 1 aliphatic heterocycles. The van der Waals surface area contributed by atoms with Crippen molar-refractivity contribution in [3.05, 3.63) is 57.8 Å². The second-order valence-electron chi connectivity index (χ2n) is 4.43.